The van der Waals surface area contributed by atoms with Gasteiger partial charge in [0.2, 0.25) is 0 Å². The fraction of sp³-hybridized carbons (Fsp3) is 0.0833. The third-order valence-corrected chi connectivity index (χ3v) is 4.73. The molecule has 0 aliphatic carbocycles. The van der Waals surface area contributed by atoms with Crippen molar-refractivity contribution in [2.24, 2.45) is 0 Å². The van der Waals surface area contributed by atoms with Crippen LogP contribution in [0.15, 0.2) is 29.9 Å². The van der Waals surface area contributed by atoms with Gasteiger partial charge in [-0.25, -0.2) is 4.98 Å². The first kappa shape index (κ1) is 11.6. The fourth-order valence-electron chi connectivity index (χ4n) is 2.01. The number of nitrogens with zero attached hydrogens (tertiary/aromatic N) is 3. The van der Waals surface area contributed by atoms with Gasteiger partial charge in [0, 0.05) is 17.8 Å². The number of hydrogen-bond acceptors (Lipinski definition) is 5. The van der Waals surface area contributed by atoms with Gasteiger partial charge in [-0.2, -0.15) is 5.10 Å². The van der Waals surface area contributed by atoms with Gasteiger partial charge < -0.3 is 5.32 Å². The summed E-state index contributed by atoms with van der Waals surface area (Å²) in [6, 6.07) is 3.71. The second-order valence-corrected chi connectivity index (χ2v) is 6.14. The van der Waals surface area contributed by atoms with Gasteiger partial charge in [0.05, 0.1) is 22.6 Å². The van der Waals surface area contributed by atoms with E-state index in [4.69, 9.17) is 0 Å². The molecule has 0 saturated carbocycles. The number of aromatic amines is 1. The predicted octanol–water partition coefficient (Wildman–Crippen LogP) is 2.26. The maximum Gasteiger partial charge on any atom is 0.261 e. The molecule has 4 aromatic heterocycles. The molecule has 0 fully saturated rings. The lowest BCUT2D eigenvalue weighted by Gasteiger charge is -2.00. The Morgan fingerprint density at radius 3 is 3.30 bits per heavy atom. The van der Waals surface area contributed by atoms with Crippen molar-refractivity contribution in [3.63, 3.8) is 0 Å². The molecule has 8 heteroatoms. The molecule has 0 radical (unpaired) electrons. The minimum absolute atomic E-state index is 0.0911. The fourth-order valence-corrected chi connectivity index (χ4v) is 3.72. The lowest BCUT2D eigenvalue weighted by Crippen LogP contribution is -2.21. The van der Waals surface area contributed by atoms with Crippen LogP contribution in [0.3, 0.4) is 0 Å². The summed E-state index contributed by atoms with van der Waals surface area (Å²) in [5, 5.41) is 11.5. The topological polar surface area (TPSA) is 75.1 Å². The van der Waals surface area contributed by atoms with Crippen molar-refractivity contribution in [1.29, 1.82) is 0 Å². The molecule has 0 saturated heterocycles. The quantitative estimate of drug-likeness (QED) is 0.609. The highest BCUT2D eigenvalue weighted by molar-refractivity contribution is 7.21. The summed E-state index contributed by atoms with van der Waals surface area (Å²) < 4.78 is 2.00. The van der Waals surface area contributed by atoms with Gasteiger partial charge >= 0.3 is 0 Å². The smallest absolute Gasteiger partial charge is 0.261 e. The van der Waals surface area contributed by atoms with E-state index < -0.39 is 0 Å². The second kappa shape index (κ2) is 4.43. The highest BCUT2D eigenvalue weighted by Crippen LogP contribution is 2.28. The van der Waals surface area contributed by atoms with Crippen LogP contribution in [0.5, 0.6) is 0 Å². The Kier molecular flexibility index (Phi) is 2.57. The SMILES string of the molecule is O=C(NCc1ccn[nH]1)c1cc2c(nc3sccn32)s1. The number of fused-ring (bicyclic) bond motifs is 3. The molecular weight excluding hydrogens is 294 g/mol. The van der Waals surface area contributed by atoms with E-state index in [1.54, 1.807) is 17.5 Å². The minimum Gasteiger partial charge on any atom is -0.346 e. The van der Waals surface area contributed by atoms with Gasteiger partial charge in [-0.05, 0) is 12.1 Å². The van der Waals surface area contributed by atoms with Gasteiger partial charge in [0.1, 0.15) is 4.83 Å². The molecule has 0 aromatic carbocycles. The summed E-state index contributed by atoms with van der Waals surface area (Å²) in [6.07, 6.45) is 3.63. The Morgan fingerprint density at radius 1 is 1.50 bits per heavy atom. The third-order valence-electron chi connectivity index (χ3n) is 2.96. The number of H-pyrrole nitrogens is 1. The number of imidazole rings is 1. The van der Waals surface area contributed by atoms with Crippen LogP contribution in [0, 0.1) is 0 Å². The number of hydrogen-bond donors (Lipinski definition) is 2. The zero-order chi connectivity index (χ0) is 13.5. The first-order chi connectivity index (χ1) is 9.81. The Hall–Kier alpha value is -2.19. The van der Waals surface area contributed by atoms with Crippen LogP contribution in [0.1, 0.15) is 15.4 Å². The van der Waals surface area contributed by atoms with E-state index in [2.05, 4.69) is 20.5 Å². The molecule has 0 aliphatic rings. The summed E-state index contributed by atoms with van der Waals surface area (Å²) in [6.45, 7) is 0.440. The summed E-state index contributed by atoms with van der Waals surface area (Å²) in [5.74, 6) is -0.0911. The van der Waals surface area contributed by atoms with Crippen molar-refractivity contribution in [3.05, 3.63) is 40.5 Å². The summed E-state index contributed by atoms with van der Waals surface area (Å²) in [5.41, 5.74) is 1.86. The average molecular weight is 303 g/mol. The van der Waals surface area contributed by atoms with Crippen molar-refractivity contribution in [3.8, 4) is 0 Å². The zero-order valence-corrected chi connectivity index (χ0v) is 11.8. The number of amides is 1. The molecular formula is C12H9N5OS2. The monoisotopic (exact) mass is 303 g/mol. The van der Waals surface area contributed by atoms with Crippen LogP contribution in [0.2, 0.25) is 0 Å². The molecule has 4 heterocycles. The van der Waals surface area contributed by atoms with Gasteiger partial charge in [-0.1, -0.05) is 0 Å². The number of carbonyl (C=O) groups is 1. The average Bonchev–Trinajstić information content (AvgIpc) is 3.17. The van der Waals surface area contributed by atoms with E-state index in [9.17, 15) is 4.79 Å². The number of rotatable bonds is 3. The van der Waals surface area contributed by atoms with Crippen molar-refractivity contribution < 1.29 is 4.79 Å². The van der Waals surface area contributed by atoms with Crippen LogP contribution in [-0.2, 0) is 6.54 Å². The van der Waals surface area contributed by atoms with Crippen LogP contribution in [0.4, 0.5) is 0 Å². The number of thiophene rings is 1. The van der Waals surface area contributed by atoms with Crippen LogP contribution in [-0.4, -0.2) is 25.5 Å². The largest absolute Gasteiger partial charge is 0.346 e. The van der Waals surface area contributed by atoms with E-state index in [1.165, 1.54) is 11.3 Å². The number of nitrogens with one attached hydrogen (secondary N) is 2. The van der Waals surface area contributed by atoms with E-state index in [0.717, 1.165) is 21.0 Å². The van der Waals surface area contributed by atoms with Gasteiger partial charge in [-0.3, -0.25) is 14.3 Å². The van der Waals surface area contributed by atoms with E-state index in [-0.39, 0.29) is 5.91 Å². The zero-order valence-electron chi connectivity index (χ0n) is 10.2. The molecule has 1 amide bonds. The van der Waals surface area contributed by atoms with Gasteiger partial charge in [-0.15, -0.1) is 22.7 Å². The van der Waals surface area contributed by atoms with Gasteiger partial charge in [0.15, 0.2) is 4.96 Å². The van der Waals surface area contributed by atoms with E-state index in [1.807, 2.05) is 28.1 Å². The molecule has 20 heavy (non-hydrogen) atoms. The van der Waals surface area contributed by atoms with E-state index in [0.29, 0.717) is 11.4 Å². The van der Waals surface area contributed by atoms with Crippen molar-refractivity contribution in [2.75, 3.05) is 0 Å². The first-order valence-electron chi connectivity index (χ1n) is 5.93. The third kappa shape index (κ3) is 1.81. The molecule has 2 N–H and O–H groups in total. The van der Waals surface area contributed by atoms with E-state index >= 15 is 0 Å². The normalized spacial score (nSPS) is 11.4. The predicted molar refractivity (Wildman–Crippen MR) is 78.2 cm³/mol. The molecule has 0 unspecified atom stereocenters. The number of carbonyl (C=O) groups excluding carboxylic acids is 1. The Bertz CT molecular complexity index is 886. The standard InChI is InChI=1S/C12H9N5OS2/c18-10(13-6-7-1-2-14-16-7)9-5-8-11(20-9)15-12-17(8)3-4-19-12/h1-5H,6H2,(H,13,18)(H,14,16). The molecule has 0 atom stereocenters. The summed E-state index contributed by atoms with van der Waals surface area (Å²) in [4.78, 5) is 19.1. The number of thiazole rings is 1. The second-order valence-electron chi connectivity index (χ2n) is 4.23. The highest BCUT2D eigenvalue weighted by atomic mass is 32.1. The first-order valence-corrected chi connectivity index (χ1v) is 7.62. The Balaban J connectivity index is 1.60. The molecule has 100 valence electrons. The van der Waals surface area contributed by atoms with Crippen LogP contribution < -0.4 is 5.32 Å². The highest BCUT2D eigenvalue weighted by Gasteiger charge is 2.14. The number of aromatic nitrogens is 4. The van der Waals surface area contributed by atoms with Crippen LogP contribution in [0.25, 0.3) is 15.3 Å². The van der Waals surface area contributed by atoms with Crippen molar-refractivity contribution >= 4 is 43.9 Å². The van der Waals surface area contributed by atoms with Crippen molar-refractivity contribution in [1.82, 2.24) is 24.9 Å². The lowest BCUT2D eigenvalue weighted by molar-refractivity contribution is 0.0954. The summed E-state index contributed by atoms with van der Waals surface area (Å²) >= 11 is 3.00. The van der Waals surface area contributed by atoms with Gasteiger partial charge in [0.25, 0.3) is 5.91 Å². The van der Waals surface area contributed by atoms with Crippen LogP contribution >= 0.6 is 22.7 Å². The molecule has 0 spiro atoms. The molecule has 6 nitrogen and oxygen atoms in total. The Labute approximate surface area is 121 Å². The molecule has 4 aromatic rings. The minimum atomic E-state index is -0.0911. The maximum atomic E-state index is 12.1. The summed E-state index contributed by atoms with van der Waals surface area (Å²) in [7, 11) is 0. The molecule has 4 rings (SSSR count). The maximum absolute atomic E-state index is 12.1. The van der Waals surface area contributed by atoms with Crippen molar-refractivity contribution in [2.45, 2.75) is 6.54 Å². The molecule has 0 bridgehead atoms. The Morgan fingerprint density at radius 2 is 2.45 bits per heavy atom. The lowest BCUT2D eigenvalue weighted by atomic mass is 10.4. The molecule has 0 aliphatic heterocycles.